The Hall–Kier alpha value is -6.34. The van der Waals surface area contributed by atoms with Crippen LogP contribution in [0.25, 0.3) is 0 Å². The van der Waals surface area contributed by atoms with E-state index in [0.717, 1.165) is 0 Å². The maximum atomic E-state index is 13.7. The van der Waals surface area contributed by atoms with Crippen LogP contribution in [0.15, 0.2) is 107 Å². The molecule has 0 spiro atoms. The van der Waals surface area contributed by atoms with Crippen LogP contribution >= 0.6 is 0 Å². The van der Waals surface area contributed by atoms with Crippen molar-refractivity contribution in [2.24, 2.45) is 0 Å². The number of nitrogens with one attached hydrogen (secondary N) is 2. The lowest BCUT2D eigenvalue weighted by Gasteiger charge is -2.25. The zero-order valence-electron chi connectivity index (χ0n) is 30.0. The third-order valence-electron chi connectivity index (χ3n) is 8.01. The van der Waals surface area contributed by atoms with E-state index in [2.05, 4.69) is 22.6 Å². The minimum atomic E-state index is -4.05. The molecule has 4 aromatic carbocycles. The van der Waals surface area contributed by atoms with Crippen LogP contribution in [0.5, 0.6) is 23.0 Å². The van der Waals surface area contributed by atoms with Gasteiger partial charge in [-0.3, -0.25) is 9.59 Å². The van der Waals surface area contributed by atoms with Gasteiger partial charge in [0.1, 0.15) is 24.7 Å². The van der Waals surface area contributed by atoms with Gasteiger partial charge in [0, 0.05) is 35.4 Å². The highest BCUT2D eigenvalue weighted by atomic mass is 32.2. The van der Waals surface area contributed by atoms with E-state index in [1.807, 2.05) is 0 Å². The molecule has 56 heavy (non-hydrogen) atoms. The summed E-state index contributed by atoms with van der Waals surface area (Å²) in [6.45, 7) is 8.94. The molecule has 0 aliphatic heterocycles. The van der Waals surface area contributed by atoms with Gasteiger partial charge in [-0.2, -0.15) is 0 Å². The van der Waals surface area contributed by atoms with E-state index < -0.39 is 43.6 Å². The van der Waals surface area contributed by atoms with Crippen LogP contribution in [0.2, 0.25) is 0 Å². The number of sulfonamides is 2. The second-order valence-electron chi connectivity index (χ2n) is 12.2. The molecule has 0 bridgehead atoms. The maximum absolute atomic E-state index is 13.7. The first-order valence-corrected chi connectivity index (χ1v) is 19.5. The zero-order valence-corrected chi connectivity index (χ0v) is 31.7. The van der Waals surface area contributed by atoms with E-state index in [4.69, 9.17) is 30.4 Å². The molecule has 6 N–H and O–H groups in total. The highest BCUT2D eigenvalue weighted by Crippen LogP contribution is 2.50. The minimum Gasteiger partial charge on any atom is -0.461 e. The van der Waals surface area contributed by atoms with Crippen molar-refractivity contribution < 1.29 is 55.0 Å². The molecule has 4 aromatic rings. The van der Waals surface area contributed by atoms with Gasteiger partial charge >= 0.3 is 11.9 Å². The highest BCUT2D eigenvalue weighted by molar-refractivity contribution is 7.89. The lowest BCUT2D eigenvalue weighted by molar-refractivity contribution is -0.139. The molecule has 0 aromatic heterocycles. The summed E-state index contributed by atoms with van der Waals surface area (Å²) in [5, 5.41) is 0. The first-order valence-electron chi connectivity index (χ1n) is 16.6. The van der Waals surface area contributed by atoms with Crippen molar-refractivity contribution in [3.05, 3.63) is 119 Å². The SMILES string of the molecule is C=C(C)C(=O)OCCNS(=O)(=O)c1ccc(Oc2c(N)c3c(c(N)c2Oc2ccc(S(=O)(=O)NCCOC(=O)C(=C)C)cc2)C(=O)c2ccccc2C3=O)cc1. The van der Waals surface area contributed by atoms with Gasteiger partial charge < -0.3 is 30.4 Å². The topological polar surface area (TPSA) is 250 Å². The third kappa shape index (κ3) is 8.79. The molecule has 0 saturated carbocycles. The number of anilines is 2. The fraction of sp³-hybridized carbons (Fsp3) is 0.158. The number of ether oxygens (including phenoxy) is 4. The molecule has 1 aliphatic rings. The van der Waals surface area contributed by atoms with Crippen molar-refractivity contribution in [1.29, 1.82) is 0 Å². The number of carbonyl (C=O) groups excluding carboxylic acids is 4. The molecule has 0 radical (unpaired) electrons. The van der Waals surface area contributed by atoms with Gasteiger partial charge in [0.05, 0.1) is 32.3 Å². The summed E-state index contributed by atoms with van der Waals surface area (Å²) >= 11 is 0. The maximum Gasteiger partial charge on any atom is 0.333 e. The van der Waals surface area contributed by atoms with Crippen molar-refractivity contribution in [3.63, 3.8) is 0 Å². The third-order valence-corrected chi connectivity index (χ3v) is 11.0. The molecular weight excluding hydrogens is 769 g/mol. The van der Waals surface area contributed by atoms with E-state index in [1.54, 1.807) is 12.1 Å². The van der Waals surface area contributed by atoms with E-state index in [9.17, 15) is 36.0 Å². The van der Waals surface area contributed by atoms with Crippen LogP contribution in [-0.4, -0.2) is 66.6 Å². The van der Waals surface area contributed by atoms with Gasteiger partial charge in [0.2, 0.25) is 20.0 Å². The van der Waals surface area contributed by atoms with Crippen LogP contribution in [0.3, 0.4) is 0 Å². The van der Waals surface area contributed by atoms with Gasteiger partial charge in [-0.25, -0.2) is 35.9 Å². The predicted molar refractivity (Wildman–Crippen MR) is 204 cm³/mol. The molecule has 0 fully saturated rings. The Bertz CT molecular complexity index is 2330. The molecule has 0 atom stereocenters. The standard InChI is InChI=1S/C38H36N4O12S2/c1-21(2)37(45)51-19-17-41-55(47,48)25-13-9-23(10-14-25)53-35-31(39)29-30(34(44)28-8-6-5-7-27(28)33(29)43)32(40)36(35)54-24-11-15-26(16-12-24)56(49,50)42-18-20-52-38(46)22(3)4/h5-16,41-42H,1,3,17-20,39-40H2,2,4H3. The summed E-state index contributed by atoms with van der Waals surface area (Å²) < 4.78 is 78.1. The van der Waals surface area contributed by atoms with Crippen molar-refractivity contribution in [2.45, 2.75) is 23.6 Å². The van der Waals surface area contributed by atoms with Crippen molar-refractivity contribution in [1.82, 2.24) is 9.44 Å². The molecular formula is C38H36N4O12S2. The van der Waals surface area contributed by atoms with Crippen molar-refractivity contribution in [2.75, 3.05) is 37.8 Å². The average molecular weight is 805 g/mol. The Kier molecular flexibility index (Phi) is 12.1. The Balaban J connectivity index is 1.45. The van der Waals surface area contributed by atoms with Crippen LogP contribution in [0.4, 0.5) is 11.4 Å². The second-order valence-corrected chi connectivity index (χ2v) is 15.7. The van der Waals surface area contributed by atoms with Gasteiger partial charge in [0.15, 0.2) is 23.1 Å². The number of nitrogen functional groups attached to an aromatic ring is 2. The normalized spacial score (nSPS) is 12.2. The number of ketones is 2. The van der Waals surface area contributed by atoms with Crippen LogP contribution < -0.4 is 30.4 Å². The minimum absolute atomic E-state index is 0.0201. The van der Waals surface area contributed by atoms with E-state index in [-0.39, 0.29) is 104 Å². The summed E-state index contributed by atoms with van der Waals surface area (Å²) in [4.78, 5) is 50.3. The molecule has 0 unspecified atom stereocenters. The van der Waals surface area contributed by atoms with Crippen molar-refractivity contribution in [3.8, 4) is 23.0 Å². The Morgan fingerprint density at radius 3 is 1.27 bits per heavy atom. The summed E-state index contributed by atoms with van der Waals surface area (Å²) in [5.74, 6) is -3.09. The number of nitrogens with two attached hydrogens (primary N) is 2. The molecule has 0 heterocycles. The summed E-state index contributed by atoms with van der Waals surface area (Å²) in [6.07, 6.45) is 0. The molecule has 1 aliphatic carbocycles. The molecule has 18 heteroatoms. The average Bonchev–Trinajstić information content (AvgIpc) is 3.17. The summed E-state index contributed by atoms with van der Waals surface area (Å²) in [6, 6.07) is 16.2. The van der Waals surface area contributed by atoms with Gasteiger partial charge in [-0.05, 0) is 62.4 Å². The lowest BCUT2D eigenvalue weighted by Crippen LogP contribution is -2.28. The van der Waals surface area contributed by atoms with Gasteiger partial charge in [0.25, 0.3) is 0 Å². The lowest BCUT2D eigenvalue weighted by atomic mass is 9.82. The van der Waals surface area contributed by atoms with Crippen LogP contribution in [-0.2, 0) is 39.1 Å². The molecule has 16 nitrogen and oxygen atoms in total. The largest absolute Gasteiger partial charge is 0.461 e. The fourth-order valence-corrected chi connectivity index (χ4v) is 7.25. The molecule has 292 valence electrons. The Morgan fingerprint density at radius 2 is 0.946 bits per heavy atom. The van der Waals surface area contributed by atoms with E-state index >= 15 is 0 Å². The number of fused-ring (bicyclic) bond motifs is 2. The highest BCUT2D eigenvalue weighted by Gasteiger charge is 2.37. The first-order chi connectivity index (χ1) is 26.4. The summed E-state index contributed by atoms with van der Waals surface area (Å²) in [7, 11) is -8.11. The fourth-order valence-electron chi connectivity index (χ4n) is 5.23. The molecule has 0 saturated heterocycles. The number of benzene rings is 4. The first kappa shape index (κ1) is 40.8. The van der Waals surface area contributed by atoms with Crippen LogP contribution in [0, 0.1) is 0 Å². The molecule has 0 amide bonds. The van der Waals surface area contributed by atoms with E-state index in [0.29, 0.717) is 0 Å². The second kappa shape index (κ2) is 16.6. The van der Waals surface area contributed by atoms with E-state index in [1.165, 1.54) is 74.5 Å². The number of esters is 2. The number of rotatable bonds is 16. The number of hydrogen-bond donors (Lipinski definition) is 4. The quantitative estimate of drug-likeness (QED) is 0.0476. The monoisotopic (exact) mass is 804 g/mol. The smallest absolute Gasteiger partial charge is 0.333 e. The number of carbonyl (C=O) groups is 4. The summed E-state index contributed by atoms with van der Waals surface area (Å²) in [5.41, 5.74) is 12.5. The van der Waals surface area contributed by atoms with Gasteiger partial charge in [-0.15, -0.1) is 0 Å². The van der Waals surface area contributed by atoms with Crippen LogP contribution in [0.1, 0.15) is 45.7 Å². The zero-order chi connectivity index (χ0) is 40.9. The Labute approximate surface area is 322 Å². The van der Waals surface area contributed by atoms with Gasteiger partial charge in [-0.1, -0.05) is 37.4 Å². The predicted octanol–water partition coefficient (Wildman–Crippen LogP) is 4.01. The number of hydrogen-bond acceptors (Lipinski definition) is 14. The van der Waals surface area contributed by atoms with Crippen molar-refractivity contribution >= 4 is 54.9 Å². The Morgan fingerprint density at radius 1 is 0.607 bits per heavy atom. The molecule has 5 rings (SSSR count).